The Morgan fingerprint density at radius 3 is 2.70 bits per heavy atom. The van der Waals surface area contributed by atoms with Gasteiger partial charge in [0.25, 0.3) is 0 Å². The molecule has 106 valence electrons. The molecule has 1 N–H and O–H groups in total. The Labute approximate surface area is 119 Å². The Hall–Kier alpha value is -2.30. The van der Waals surface area contributed by atoms with Gasteiger partial charge in [0.15, 0.2) is 0 Å². The molecule has 1 aromatic heterocycles. The molecule has 0 atom stereocenters. The largest absolute Gasteiger partial charge is 0.494 e. The van der Waals surface area contributed by atoms with E-state index in [1.165, 1.54) is 6.33 Å². The quantitative estimate of drug-likeness (QED) is 0.786. The third-order valence-corrected chi connectivity index (χ3v) is 2.86. The topological polar surface area (TPSA) is 56.3 Å². The van der Waals surface area contributed by atoms with E-state index < -0.39 is 0 Å². The summed E-state index contributed by atoms with van der Waals surface area (Å²) in [5.74, 6) is 2.30. The monoisotopic (exact) mass is 273 g/mol. The highest BCUT2D eigenvalue weighted by molar-refractivity contribution is 5.47. The molecule has 0 radical (unpaired) electrons. The van der Waals surface area contributed by atoms with Gasteiger partial charge in [0, 0.05) is 6.54 Å². The number of hydrogen-bond acceptors (Lipinski definition) is 5. The third kappa shape index (κ3) is 3.85. The molecular weight excluding hydrogens is 254 g/mol. The van der Waals surface area contributed by atoms with Crippen LogP contribution in [-0.2, 0) is 0 Å². The molecule has 0 aliphatic rings. The number of hydrogen-bond donors (Lipinski definition) is 1. The normalized spacial score (nSPS) is 10.1. The zero-order valence-electron chi connectivity index (χ0n) is 11.8. The first kappa shape index (κ1) is 14.1. The van der Waals surface area contributed by atoms with Crippen LogP contribution in [0.4, 0.5) is 5.82 Å². The minimum Gasteiger partial charge on any atom is -0.494 e. The van der Waals surface area contributed by atoms with Gasteiger partial charge < -0.3 is 14.8 Å². The summed E-state index contributed by atoms with van der Waals surface area (Å²) in [5, 5.41) is 3.26. The maximum Gasteiger partial charge on any atom is 0.221 e. The van der Waals surface area contributed by atoms with Gasteiger partial charge >= 0.3 is 0 Å². The molecule has 0 fully saturated rings. The van der Waals surface area contributed by atoms with Gasteiger partial charge in [0.05, 0.1) is 19.3 Å². The number of para-hydroxylation sites is 1. The molecule has 2 aromatic rings. The molecule has 0 saturated carbocycles. The van der Waals surface area contributed by atoms with Gasteiger partial charge in [-0.3, -0.25) is 0 Å². The molecular formula is C15H19N3O2. The van der Waals surface area contributed by atoms with Crippen molar-refractivity contribution >= 4 is 5.82 Å². The van der Waals surface area contributed by atoms with Crippen LogP contribution in [0, 0.1) is 6.92 Å². The van der Waals surface area contributed by atoms with Crippen LogP contribution in [0.5, 0.6) is 11.6 Å². The summed E-state index contributed by atoms with van der Waals surface area (Å²) in [4.78, 5) is 8.24. The number of ether oxygens (including phenoxy) is 2. The maximum absolute atomic E-state index is 5.62. The van der Waals surface area contributed by atoms with Gasteiger partial charge in [-0.2, -0.15) is 0 Å². The number of nitrogens with zero attached hydrogens (tertiary/aromatic N) is 2. The van der Waals surface area contributed by atoms with Crippen molar-refractivity contribution in [2.75, 3.05) is 25.6 Å². The fourth-order valence-electron chi connectivity index (χ4n) is 1.80. The van der Waals surface area contributed by atoms with Crippen LogP contribution in [-0.4, -0.2) is 30.2 Å². The maximum atomic E-state index is 5.62. The predicted octanol–water partition coefficient (Wildman–Crippen LogP) is 2.67. The van der Waals surface area contributed by atoms with E-state index >= 15 is 0 Å². The standard InChI is InChI=1S/C15H19N3O2/c1-12-14(17-11-18-15(12)19-2)16-9-6-10-20-13-7-4-3-5-8-13/h3-5,7-8,11H,6,9-10H2,1-2H3,(H,16,17,18). The zero-order chi connectivity index (χ0) is 14.2. The van der Waals surface area contributed by atoms with Gasteiger partial charge in [0.2, 0.25) is 5.88 Å². The molecule has 0 bridgehead atoms. The van der Waals surface area contributed by atoms with Crippen LogP contribution >= 0.6 is 0 Å². The minimum absolute atomic E-state index is 0.600. The van der Waals surface area contributed by atoms with Crippen LogP contribution in [0.1, 0.15) is 12.0 Å². The molecule has 0 aliphatic carbocycles. The van der Waals surface area contributed by atoms with E-state index in [1.807, 2.05) is 37.3 Å². The number of benzene rings is 1. The molecule has 0 unspecified atom stereocenters. The summed E-state index contributed by atoms with van der Waals surface area (Å²) in [7, 11) is 1.60. The van der Waals surface area contributed by atoms with Crippen molar-refractivity contribution in [3.8, 4) is 11.6 Å². The summed E-state index contributed by atoms with van der Waals surface area (Å²) >= 11 is 0. The van der Waals surface area contributed by atoms with Gasteiger partial charge in [-0.25, -0.2) is 9.97 Å². The van der Waals surface area contributed by atoms with Crippen molar-refractivity contribution in [3.05, 3.63) is 42.2 Å². The lowest BCUT2D eigenvalue weighted by Crippen LogP contribution is -2.10. The average molecular weight is 273 g/mol. The lowest BCUT2D eigenvalue weighted by Gasteiger charge is -2.10. The molecule has 5 heteroatoms. The number of anilines is 1. The first-order valence-corrected chi connectivity index (χ1v) is 6.58. The average Bonchev–Trinajstić information content (AvgIpc) is 2.49. The summed E-state index contributed by atoms with van der Waals surface area (Å²) in [6.07, 6.45) is 2.38. The molecule has 0 amide bonds. The fourth-order valence-corrected chi connectivity index (χ4v) is 1.80. The van der Waals surface area contributed by atoms with Gasteiger partial charge in [-0.1, -0.05) is 18.2 Å². The number of nitrogens with one attached hydrogen (secondary N) is 1. The fraction of sp³-hybridized carbons (Fsp3) is 0.333. The zero-order valence-corrected chi connectivity index (χ0v) is 11.8. The van der Waals surface area contributed by atoms with Crippen molar-refractivity contribution in [3.63, 3.8) is 0 Å². The Balaban J connectivity index is 1.74. The van der Waals surface area contributed by atoms with Crippen molar-refractivity contribution in [1.29, 1.82) is 0 Å². The first-order valence-electron chi connectivity index (χ1n) is 6.58. The second kappa shape index (κ2) is 7.33. The second-order valence-corrected chi connectivity index (χ2v) is 4.30. The smallest absolute Gasteiger partial charge is 0.221 e. The number of aromatic nitrogens is 2. The van der Waals surface area contributed by atoms with Crippen LogP contribution in [0.15, 0.2) is 36.7 Å². The summed E-state index contributed by atoms with van der Waals surface area (Å²) in [6.45, 7) is 3.38. The molecule has 0 spiro atoms. The summed E-state index contributed by atoms with van der Waals surface area (Å²) < 4.78 is 10.8. The minimum atomic E-state index is 0.600. The van der Waals surface area contributed by atoms with Crippen molar-refractivity contribution < 1.29 is 9.47 Å². The van der Waals surface area contributed by atoms with Gasteiger partial charge in [-0.05, 0) is 25.5 Å². The van der Waals surface area contributed by atoms with Crippen molar-refractivity contribution in [2.24, 2.45) is 0 Å². The van der Waals surface area contributed by atoms with Gasteiger partial charge in [0.1, 0.15) is 17.9 Å². The van der Waals surface area contributed by atoms with Crippen LogP contribution in [0.3, 0.4) is 0 Å². The summed E-state index contributed by atoms with van der Waals surface area (Å²) in [6, 6.07) is 9.80. The third-order valence-electron chi connectivity index (χ3n) is 2.86. The Morgan fingerprint density at radius 2 is 1.95 bits per heavy atom. The molecule has 1 heterocycles. The van der Waals surface area contributed by atoms with E-state index in [-0.39, 0.29) is 0 Å². The number of rotatable bonds is 7. The lowest BCUT2D eigenvalue weighted by molar-refractivity contribution is 0.315. The first-order chi connectivity index (χ1) is 9.81. The number of methoxy groups -OCH3 is 1. The lowest BCUT2D eigenvalue weighted by atomic mass is 10.3. The van der Waals surface area contributed by atoms with Gasteiger partial charge in [-0.15, -0.1) is 0 Å². The van der Waals surface area contributed by atoms with Crippen molar-refractivity contribution in [2.45, 2.75) is 13.3 Å². The summed E-state index contributed by atoms with van der Waals surface area (Å²) in [5.41, 5.74) is 0.916. The van der Waals surface area contributed by atoms with E-state index in [2.05, 4.69) is 15.3 Å². The molecule has 1 aromatic carbocycles. The molecule has 2 rings (SSSR count). The van der Waals surface area contributed by atoms with Crippen molar-refractivity contribution in [1.82, 2.24) is 9.97 Å². The SMILES string of the molecule is COc1ncnc(NCCCOc2ccccc2)c1C. The Kier molecular flexibility index (Phi) is 5.17. The Morgan fingerprint density at radius 1 is 1.15 bits per heavy atom. The van der Waals surface area contributed by atoms with E-state index in [1.54, 1.807) is 7.11 Å². The molecule has 20 heavy (non-hydrogen) atoms. The van der Waals surface area contributed by atoms with E-state index in [9.17, 15) is 0 Å². The highest BCUT2D eigenvalue weighted by Crippen LogP contribution is 2.19. The predicted molar refractivity (Wildman–Crippen MR) is 78.4 cm³/mol. The molecule has 5 nitrogen and oxygen atoms in total. The van der Waals surface area contributed by atoms with Crippen LogP contribution in [0.25, 0.3) is 0 Å². The molecule has 0 aliphatic heterocycles. The highest BCUT2D eigenvalue weighted by atomic mass is 16.5. The second-order valence-electron chi connectivity index (χ2n) is 4.30. The van der Waals surface area contributed by atoms with Crippen LogP contribution in [0.2, 0.25) is 0 Å². The van der Waals surface area contributed by atoms with E-state index in [0.29, 0.717) is 12.5 Å². The molecule has 0 saturated heterocycles. The van der Waals surface area contributed by atoms with E-state index in [4.69, 9.17) is 9.47 Å². The van der Waals surface area contributed by atoms with Crippen LogP contribution < -0.4 is 14.8 Å². The Bertz CT molecular complexity index is 532. The van der Waals surface area contributed by atoms with E-state index in [0.717, 1.165) is 30.1 Å². The highest BCUT2D eigenvalue weighted by Gasteiger charge is 2.05.